The topological polar surface area (TPSA) is 50.4 Å². The van der Waals surface area contributed by atoms with E-state index in [4.69, 9.17) is 40.2 Å². The van der Waals surface area contributed by atoms with Gasteiger partial charge in [0.2, 0.25) is 0 Å². The minimum atomic E-state index is -0.359. The molecule has 1 amide bonds. The van der Waals surface area contributed by atoms with Crippen LogP contribution >= 0.6 is 51.3 Å². The minimum absolute atomic E-state index is 0.114. The molecule has 3 aromatic carbocycles. The van der Waals surface area contributed by atoms with Crippen LogP contribution in [0.4, 0.5) is 5.69 Å². The van der Waals surface area contributed by atoms with Crippen molar-refractivity contribution in [3.8, 4) is 5.75 Å². The Hall–Kier alpha value is -2.12. The number of ether oxygens (including phenoxy) is 1. The zero-order valence-electron chi connectivity index (χ0n) is 15.6. The van der Waals surface area contributed by atoms with Crippen molar-refractivity contribution in [1.29, 1.82) is 0 Å². The first-order valence-corrected chi connectivity index (χ1v) is 10.9. The Kier molecular flexibility index (Phi) is 8.10. The van der Waals surface area contributed by atoms with Gasteiger partial charge < -0.3 is 10.1 Å². The molecule has 0 spiro atoms. The molecule has 4 nitrogen and oxygen atoms in total. The summed E-state index contributed by atoms with van der Waals surface area (Å²) >= 11 is 20.7. The Morgan fingerprint density at radius 3 is 2.53 bits per heavy atom. The highest BCUT2D eigenvalue weighted by Crippen LogP contribution is 2.27. The minimum Gasteiger partial charge on any atom is -0.492 e. The lowest BCUT2D eigenvalue weighted by molar-refractivity contribution is 0.0977. The highest BCUT2D eigenvalue weighted by molar-refractivity contribution is 9.10. The summed E-state index contributed by atoms with van der Waals surface area (Å²) in [5.74, 6) is 0.302. The van der Waals surface area contributed by atoms with E-state index in [1.54, 1.807) is 36.4 Å². The maximum absolute atomic E-state index is 12.5. The largest absolute Gasteiger partial charge is 0.492 e. The van der Waals surface area contributed by atoms with Crippen LogP contribution in [0.3, 0.4) is 0 Å². The molecule has 30 heavy (non-hydrogen) atoms. The molecule has 0 aliphatic rings. The molecule has 0 atom stereocenters. The van der Waals surface area contributed by atoms with Gasteiger partial charge in [-0.25, -0.2) is 0 Å². The summed E-state index contributed by atoms with van der Waals surface area (Å²) in [6.45, 7) is 0.530. The Balaban J connectivity index is 1.56. The van der Waals surface area contributed by atoms with Crippen LogP contribution in [-0.2, 0) is 6.42 Å². The van der Waals surface area contributed by atoms with Crippen molar-refractivity contribution in [2.75, 3.05) is 11.9 Å². The van der Waals surface area contributed by atoms with Crippen LogP contribution in [0.2, 0.25) is 10.0 Å². The van der Waals surface area contributed by atoms with Crippen LogP contribution in [0.5, 0.6) is 5.75 Å². The number of benzene rings is 3. The number of thiocarbonyl (C=S) groups is 1. The summed E-state index contributed by atoms with van der Waals surface area (Å²) in [6.07, 6.45) is 0.793. The van der Waals surface area contributed by atoms with Gasteiger partial charge in [0.25, 0.3) is 5.91 Å². The van der Waals surface area contributed by atoms with Crippen molar-refractivity contribution < 1.29 is 9.53 Å². The lowest BCUT2D eigenvalue weighted by Crippen LogP contribution is -2.34. The number of hydrogen-bond donors (Lipinski definition) is 2. The fourth-order valence-electron chi connectivity index (χ4n) is 2.60. The SMILES string of the molecule is O=C(NC(=S)Nc1cc(Cl)ccc1Cl)c1ccc(OCCc2ccccc2)c(Br)c1. The fourth-order valence-corrected chi connectivity index (χ4v) is 3.64. The van der Waals surface area contributed by atoms with Crippen LogP contribution in [0.1, 0.15) is 15.9 Å². The molecule has 154 valence electrons. The van der Waals surface area contributed by atoms with E-state index >= 15 is 0 Å². The summed E-state index contributed by atoms with van der Waals surface area (Å²) in [5, 5.41) is 6.55. The van der Waals surface area contributed by atoms with Gasteiger partial charge in [-0.3, -0.25) is 10.1 Å². The molecule has 0 aliphatic carbocycles. The molecule has 3 rings (SSSR count). The average Bonchev–Trinajstić information content (AvgIpc) is 2.72. The Labute approximate surface area is 198 Å². The van der Waals surface area contributed by atoms with Crippen molar-refractivity contribution in [2.24, 2.45) is 0 Å². The van der Waals surface area contributed by atoms with Crippen molar-refractivity contribution in [2.45, 2.75) is 6.42 Å². The zero-order chi connectivity index (χ0) is 21.5. The number of hydrogen-bond acceptors (Lipinski definition) is 3. The number of nitrogens with one attached hydrogen (secondary N) is 2. The predicted molar refractivity (Wildman–Crippen MR) is 130 cm³/mol. The van der Waals surface area contributed by atoms with Gasteiger partial charge in [0.1, 0.15) is 5.75 Å². The molecule has 0 fully saturated rings. The van der Waals surface area contributed by atoms with Gasteiger partial charge in [-0.15, -0.1) is 0 Å². The molecular formula is C22H17BrCl2N2O2S. The smallest absolute Gasteiger partial charge is 0.257 e. The van der Waals surface area contributed by atoms with Gasteiger partial charge in [-0.1, -0.05) is 53.5 Å². The third-order valence-corrected chi connectivity index (χ3v) is 5.48. The monoisotopic (exact) mass is 522 g/mol. The first-order chi connectivity index (χ1) is 14.4. The van der Waals surface area contributed by atoms with Crippen LogP contribution in [0.15, 0.2) is 71.2 Å². The van der Waals surface area contributed by atoms with Crippen LogP contribution in [-0.4, -0.2) is 17.6 Å². The van der Waals surface area contributed by atoms with Crippen LogP contribution in [0, 0.1) is 0 Å². The fraction of sp³-hybridized carbons (Fsp3) is 0.0909. The van der Waals surface area contributed by atoms with E-state index in [2.05, 4.69) is 38.7 Å². The molecule has 0 unspecified atom stereocenters. The van der Waals surface area contributed by atoms with Crippen LogP contribution in [0.25, 0.3) is 0 Å². The summed E-state index contributed by atoms with van der Waals surface area (Å²) < 4.78 is 6.50. The zero-order valence-corrected chi connectivity index (χ0v) is 19.5. The highest BCUT2D eigenvalue weighted by atomic mass is 79.9. The average molecular weight is 524 g/mol. The molecule has 0 radical (unpaired) electrons. The van der Waals surface area contributed by atoms with E-state index in [1.807, 2.05) is 18.2 Å². The summed E-state index contributed by atoms with van der Waals surface area (Å²) in [4.78, 5) is 12.5. The Morgan fingerprint density at radius 2 is 1.80 bits per heavy atom. The van der Waals surface area contributed by atoms with E-state index < -0.39 is 0 Å². The summed E-state index contributed by atoms with van der Waals surface area (Å²) in [6, 6.07) is 20.1. The number of carbonyl (C=O) groups is 1. The number of rotatable bonds is 6. The quantitative estimate of drug-likeness (QED) is 0.362. The number of carbonyl (C=O) groups excluding carboxylic acids is 1. The lowest BCUT2D eigenvalue weighted by atomic mass is 10.2. The van der Waals surface area contributed by atoms with E-state index in [9.17, 15) is 4.79 Å². The number of halogens is 3. The van der Waals surface area contributed by atoms with Crippen molar-refractivity contribution in [3.05, 3.63) is 92.4 Å². The van der Waals surface area contributed by atoms with Gasteiger partial charge in [0.05, 0.1) is 21.8 Å². The van der Waals surface area contributed by atoms with E-state index in [1.165, 1.54) is 5.56 Å². The van der Waals surface area contributed by atoms with Crippen LogP contribution < -0.4 is 15.4 Å². The molecule has 3 aromatic rings. The lowest BCUT2D eigenvalue weighted by Gasteiger charge is -2.12. The predicted octanol–water partition coefficient (Wildman–Crippen LogP) is 6.50. The molecular weight excluding hydrogens is 507 g/mol. The van der Waals surface area contributed by atoms with Crippen molar-refractivity contribution >= 4 is 68.1 Å². The number of anilines is 1. The molecule has 0 heterocycles. The molecule has 0 saturated heterocycles. The Bertz CT molecular complexity index is 1060. The summed E-state index contributed by atoms with van der Waals surface area (Å²) in [7, 11) is 0. The second-order valence-electron chi connectivity index (χ2n) is 6.26. The van der Waals surface area contributed by atoms with Gasteiger partial charge in [0.15, 0.2) is 5.11 Å². The second-order valence-corrected chi connectivity index (χ2v) is 8.37. The van der Waals surface area contributed by atoms with E-state index in [0.717, 1.165) is 6.42 Å². The molecule has 0 aliphatic heterocycles. The normalized spacial score (nSPS) is 10.4. The van der Waals surface area contributed by atoms with Gasteiger partial charge in [-0.2, -0.15) is 0 Å². The molecule has 0 saturated carbocycles. The molecule has 2 N–H and O–H groups in total. The van der Waals surface area contributed by atoms with Gasteiger partial charge >= 0.3 is 0 Å². The van der Waals surface area contributed by atoms with Gasteiger partial charge in [0, 0.05) is 17.0 Å². The third kappa shape index (κ3) is 6.44. The first-order valence-electron chi connectivity index (χ1n) is 8.96. The molecule has 0 aromatic heterocycles. The highest BCUT2D eigenvalue weighted by Gasteiger charge is 2.12. The standard InChI is InChI=1S/C22H17BrCl2N2O2S/c23-17-12-15(6-9-20(17)29-11-10-14-4-2-1-3-5-14)21(28)27-22(30)26-19-13-16(24)7-8-18(19)25/h1-9,12-13H,10-11H2,(H2,26,27,28,30). The maximum Gasteiger partial charge on any atom is 0.257 e. The van der Waals surface area contributed by atoms with Crippen molar-refractivity contribution in [3.63, 3.8) is 0 Å². The third-order valence-electron chi connectivity index (χ3n) is 4.09. The van der Waals surface area contributed by atoms with Crippen molar-refractivity contribution in [1.82, 2.24) is 5.32 Å². The molecule has 0 bridgehead atoms. The summed E-state index contributed by atoms with van der Waals surface area (Å²) in [5.41, 5.74) is 2.14. The Morgan fingerprint density at radius 1 is 1.03 bits per heavy atom. The first kappa shape index (κ1) is 22.6. The van der Waals surface area contributed by atoms with E-state index in [0.29, 0.717) is 38.1 Å². The molecule has 8 heteroatoms. The second kappa shape index (κ2) is 10.8. The van der Waals surface area contributed by atoms with Gasteiger partial charge in [-0.05, 0) is 70.1 Å². The maximum atomic E-state index is 12.5. The van der Waals surface area contributed by atoms with E-state index in [-0.39, 0.29) is 11.0 Å². The number of amides is 1.